The Morgan fingerprint density at radius 1 is 1.31 bits per heavy atom. The molecule has 0 bridgehead atoms. The van der Waals surface area contributed by atoms with E-state index in [2.05, 4.69) is 34.5 Å². The molecular weight excluding hydrogens is 499 g/mol. The summed E-state index contributed by atoms with van der Waals surface area (Å²) in [7, 11) is 2.08. The van der Waals surface area contributed by atoms with Crippen LogP contribution in [0.15, 0.2) is 49.2 Å². The lowest BCUT2D eigenvalue weighted by Crippen LogP contribution is -2.55. The molecule has 2 atom stereocenters. The molecule has 2 aliphatic heterocycles. The first-order valence-electron chi connectivity index (χ1n) is 13.1. The number of nitriles is 1. The van der Waals surface area contributed by atoms with Gasteiger partial charge < -0.3 is 24.5 Å². The molecule has 10 heteroatoms. The molecule has 1 amide bonds. The zero-order valence-electron chi connectivity index (χ0n) is 21.9. The number of aromatic nitrogens is 2. The van der Waals surface area contributed by atoms with Crippen LogP contribution < -0.4 is 9.64 Å². The van der Waals surface area contributed by atoms with Crippen LogP contribution in [0.25, 0.3) is 22.2 Å². The summed E-state index contributed by atoms with van der Waals surface area (Å²) in [4.78, 5) is 27.8. The number of carbonyl (C=O) groups excluding carboxylic acids is 1. The molecule has 1 N–H and O–H groups in total. The summed E-state index contributed by atoms with van der Waals surface area (Å²) in [6.07, 6.45) is 5.14. The van der Waals surface area contributed by atoms with Gasteiger partial charge in [-0.15, -0.1) is 0 Å². The first-order valence-corrected chi connectivity index (χ1v) is 13.1. The Balaban J connectivity index is 1.54. The monoisotopic (exact) mass is 530 g/mol. The summed E-state index contributed by atoms with van der Waals surface area (Å²) in [6, 6.07) is 9.87. The van der Waals surface area contributed by atoms with Crippen LogP contribution in [0.5, 0.6) is 11.6 Å². The molecule has 0 aliphatic carbocycles. The van der Waals surface area contributed by atoms with Gasteiger partial charge >= 0.3 is 0 Å². The number of fused-ring (bicyclic) bond motifs is 1. The SMILES string of the molecule is C=CC(=O)N1CCN(c2cc(OC[C@@H]3CCCN3C)nc3cc(-c4c(O)cccc4F)cnc23)CC1CC#N. The molecule has 202 valence electrons. The van der Waals surface area contributed by atoms with Crippen molar-refractivity contribution in [3.63, 3.8) is 0 Å². The van der Waals surface area contributed by atoms with Crippen LogP contribution in [-0.4, -0.2) is 82.7 Å². The number of ether oxygens (including phenoxy) is 1. The molecule has 1 unspecified atom stereocenters. The number of aromatic hydroxyl groups is 1. The van der Waals surface area contributed by atoms with E-state index in [-0.39, 0.29) is 29.7 Å². The summed E-state index contributed by atoms with van der Waals surface area (Å²) in [5, 5.41) is 19.8. The van der Waals surface area contributed by atoms with Crippen LogP contribution in [0.4, 0.5) is 10.1 Å². The lowest BCUT2D eigenvalue weighted by molar-refractivity contribution is -0.128. The number of benzene rings is 1. The molecule has 0 spiro atoms. The molecule has 9 nitrogen and oxygen atoms in total. The van der Waals surface area contributed by atoms with Crippen molar-refractivity contribution in [2.75, 3.05) is 44.7 Å². The Hall–Kier alpha value is -4.23. The Labute approximate surface area is 226 Å². The molecule has 2 aliphatic rings. The van der Waals surface area contributed by atoms with Crippen molar-refractivity contribution < 1.29 is 19.0 Å². The van der Waals surface area contributed by atoms with E-state index in [1.165, 1.54) is 30.5 Å². The van der Waals surface area contributed by atoms with Crippen LogP contribution >= 0.6 is 0 Å². The van der Waals surface area contributed by atoms with Crippen molar-refractivity contribution in [1.29, 1.82) is 5.26 Å². The second-order valence-electron chi connectivity index (χ2n) is 9.99. The maximum absolute atomic E-state index is 14.7. The lowest BCUT2D eigenvalue weighted by Gasteiger charge is -2.41. The smallest absolute Gasteiger partial charge is 0.246 e. The highest BCUT2D eigenvalue weighted by molar-refractivity contribution is 5.92. The second kappa shape index (κ2) is 11.3. The van der Waals surface area contributed by atoms with E-state index in [1.54, 1.807) is 11.0 Å². The van der Waals surface area contributed by atoms with Gasteiger partial charge in [0.05, 0.1) is 35.3 Å². The molecule has 39 heavy (non-hydrogen) atoms. The number of rotatable bonds is 7. The molecule has 2 saturated heterocycles. The van der Waals surface area contributed by atoms with Crippen LogP contribution in [0.3, 0.4) is 0 Å². The van der Waals surface area contributed by atoms with E-state index in [0.717, 1.165) is 25.1 Å². The fourth-order valence-electron chi connectivity index (χ4n) is 5.46. The molecule has 3 aromatic rings. The summed E-state index contributed by atoms with van der Waals surface area (Å²) in [6.45, 7) is 6.46. The summed E-state index contributed by atoms with van der Waals surface area (Å²) < 4.78 is 20.8. The third-order valence-electron chi connectivity index (χ3n) is 7.58. The van der Waals surface area contributed by atoms with Gasteiger partial charge in [0.15, 0.2) is 0 Å². The Kier molecular flexibility index (Phi) is 7.61. The number of amides is 1. The molecule has 5 rings (SSSR count). The summed E-state index contributed by atoms with van der Waals surface area (Å²) in [5.41, 5.74) is 2.28. The van der Waals surface area contributed by atoms with E-state index in [4.69, 9.17) is 9.72 Å². The fraction of sp³-hybridized carbons (Fsp3) is 0.379. The van der Waals surface area contributed by atoms with E-state index < -0.39 is 5.82 Å². The van der Waals surface area contributed by atoms with Gasteiger partial charge in [0, 0.05) is 43.5 Å². The van der Waals surface area contributed by atoms with Gasteiger partial charge in [0.2, 0.25) is 11.8 Å². The van der Waals surface area contributed by atoms with Crippen LogP contribution in [0, 0.1) is 17.1 Å². The molecule has 2 aromatic heterocycles. The fourth-order valence-corrected chi connectivity index (χ4v) is 5.46. The van der Waals surface area contributed by atoms with Crippen molar-refractivity contribution in [1.82, 2.24) is 19.8 Å². The largest absolute Gasteiger partial charge is 0.507 e. The van der Waals surface area contributed by atoms with Crippen LogP contribution in [0.1, 0.15) is 19.3 Å². The molecular formula is C29H31FN6O3. The number of hydrogen-bond acceptors (Lipinski definition) is 8. The zero-order chi connectivity index (χ0) is 27.5. The van der Waals surface area contributed by atoms with Gasteiger partial charge in [-0.2, -0.15) is 5.26 Å². The average molecular weight is 531 g/mol. The minimum atomic E-state index is -0.560. The van der Waals surface area contributed by atoms with Gasteiger partial charge in [0.1, 0.15) is 23.7 Å². The zero-order valence-corrected chi connectivity index (χ0v) is 21.9. The van der Waals surface area contributed by atoms with E-state index >= 15 is 0 Å². The third kappa shape index (κ3) is 5.36. The van der Waals surface area contributed by atoms with E-state index in [0.29, 0.717) is 54.8 Å². The van der Waals surface area contributed by atoms with E-state index in [9.17, 15) is 19.6 Å². The molecule has 1 aromatic carbocycles. The minimum Gasteiger partial charge on any atom is -0.507 e. The number of phenols is 1. The van der Waals surface area contributed by atoms with Gasteiger partial charge in [0.25, 0.3) is 0 Å². The third-order valence-corrected chi connectivity index (χ3v) is 7.58. The van der Waals surface area contributed by atoms with Crippen molar-refractivity contribution in [3.8, 4) is 28.8 Å². The number of nitrogens with zero attached hydrogens (tertiary/aromatic N) is 6. The first kappa shape index (κ1) is 26.4. The van der Waals surface area contributed by atoms with Gasteiger partial charge in [-0.25, -0.2) is 9.37 Å². The van der Waals surface area contributed by atoms with Crippen molar-refractivity contribution in [2.24, 2.45) is 0 Å². The predicted molar refractivity (Wildman–Crippen MR) is 146 cm³/mol. The minimum absolute atomic E-state index is 0.0554. The molecule has 2 fully saturated rings. The summed E-state index contributed by atoms with van der Waals surface area (Å²) in [5.74, 6) is -0.534. The van der Waals surface area contributed by atoms with Gasteiger partial charge in [-0.3, -0.25) is 9.78 Å². The number of phenolic OH excluding ortho intramolecular Hbond substituents is 1. The highest BCUT2D eigenvalue weighted by Gasteiger charge is 2.31. The number of pyridine rings is 2. The number of hydrogen-bond donors (Lipinski definition) is 1. The topological polar surface area (TPSA) is 106 Å². The van der Waals surface area contributed by atoms with Crippen LogP contribution in [-0.2, 0) is 4.79 Å². The van der Waals surface area contributed by atoms with Crippen molar-refractivity contribution in [2.45, 2.75) is 31.3 Å². The quantitative estimate of drug-likeness (QED) is 0.461. The van der Waals surface area contributed by atoms with Crippen molar-refractivity contribution in [3.05, 3.63) is 55.0 Å². The highest BCUT2D eigenvalue weighted by atomic mass is 19.1. The van der Waals surface area contributed by atoms with Crippen molar-refractivity contribution >= 4 is 22.6 Å². The van der Waals surface area contributed by atoms with Gasteiger partial charge in [-0.1, -0.05) is 12.6 Å². The number of piperazine rings is 1. The summed E-state index contributed by atoms with van der Waals surface area (Å²) >= 11 is 0. The Bertz CT molecular complexity index is 1420. The predicted octanol–water partition coefficient (Wildman–Crippen LogP) is 3.73. The number of likely N-dealkylation sites (N-methyl/N-ethyl adjacent to an activating group) is 1. The lowest BCUT2D eigenvalue weighted by atomic mass is 10.0. The molecule has 0 radical (unpaired) electrons. The van der Waals surface area contributed by atoms with Crippen LogP contribution in [0.2, 0.25) is 0 Å². The Morgan fingerprint density at radius 2 is 2.15 bits per heavy atom. The number of halogens is 1. The Morgan fingerprint density at radius 3 is 2.87 bits per heavy atom. The second-order valence-corrected chi connectivity index (χ2v) is 9.99. The number of likely N-dealkylation sites (tertiary alicyclic amines) is 1. The number of anilines is 1. The average Bonchev–Trinajstić information content (AvgIpc) is 3.35. The first-order chi connectivity index (χ1) is 18.9. The molecule has 4 heterocycles. The maximum Gasteiger partial charge on any atom is 0.246 e. The van der Waals surface area contributed by atoms with E-state index in [1.807, 2.05) is 6.07 Å². The maximum atomic E-state index is 14.7. The van der Waals surface area contributed by atoms with Gasteiger partial charge in [-0.05, 0) is 50.7 Å². The standard InChI is InChI=1S/C29H31FN6O3/c1-3-27(38)36-13-12-35(17-20(36)9-10-31)24-15-26(39-18-21-6-5-11-34(21)2)33-23-14-19(16-32-29(23)24)28-22(30)7-4-8-25(28)37/h3-4,7-8,14-16,20-21,37H,1,5-6,9,11-13,17-18H2,2H3/t20?,21-/m0/s1. The molecule has 0 saturated carbocycles. The highest BCUT2D eigenvalue weighted by Crippen LogP contribution is 2.36. The number of carbonyl (C=O) groups is 1. The normalized spacial score (nSPS) is 19.7.